The van der Waals surface area contributed by atoms with Crippen molar-refractivity contribution in [3.8, 4) is 22.5 Å². The highest BCUT2D eigenvalue weighted by Gasteiger charge is 2.31. The minimum atomic E-state index is -0.100. The van der Waals surface area contributed by atoms with Crippen LogP contribution in [0.1, 0.15) is 59.4 Å². The third-order valence-electron chi connectivity index (χ3n) is 6.43. The van der Waals surface area contributed by atoms with Gasteiger partial charge in [0.15, 0.2) is 0 Å². The van der Waals surface area contributed by atoms with E-state index in [0.29, 0.717) is 6.04 Å². The zero-order chi connectivity index (χ0) is 20.6. The summed E-state index contributed by atoms with van der Waals surface area (Å²) in [6, 6.07) is 17.9. The van der Waals surface area contributed by atoms with Crippen molar-refractivity contribution in [1.82, 2.24) is 15.0 Å². The maximum atomic E-state index is 4.74. The Hall–Kier alpha value is -2.62. The molecule has 0 radical (unpaired) electrons. The molecule has 0 bridgehead atoms. The third kappa shape index (κ3) is 3.35. The Labute approximate surface area is 174 Å². The van der Waals surface area contributed by atoms with Gasteiger partial charge in [0.25, 0.3) is 0 Å². The summed E-state index contributed by atoms with van der Waals surface area (Å²) in [5, 5.41) is 9.41. The van der Waals surface area contributed by atoms with Gasteiger partial charge in [-0.1, -0.05) is 67.9 Å². The molecule has 4 nitrogen and oxygen atoms in total. The molecule has 4 rings (SSSR count). The van der Waals surface area contributed by atoms with Crippen molar-refractivity contribution in [2.24, 2.45) is 0 Å². The zero-order valence-corrected chi connectivity index (χ0v) is 18.3. The molecule has 4 heteroatoms. The van der Waals surface area contributed by atoms with Gasteiger partial charge < -0.3 is 4.90 Å². The summed E-state index contributed by atoms with van der Waals surface area (Å²) in [4.78, 5) is 2.55. The number of nitrogens with zero attached hydrogens (tertiary/aromatic N) is 4. The van der Waals surface area contributed by atoms with Crippen molar-refractivity contribution in [2.45, 2.75) is 72.0 Å². The summed E-state index contributed by atoms with van der Waals surface area (Å²) in [5.74, 6) is 0. The van der Waals surface area contributed by atoms with E-state index < -0.39 is 0 Å². The topological polar surface area (TPSA) is 34.0 Å². The third-order valence-corrected chi connectivity index (χ3v) is 6.43. The van der Waals surface area contributed by atoms with Crippen molar-refractivity contribution in [2.75, 3.05) is 4.90 Å². The molecule has 1 aliphatic heterocycles. The molecule has 0 amide bonds. The summed E-state index contributed by atoms with van der Waals surface area (Å²) >= 11 is 0. The van der Waals surface area contributed by atoms with Gasteiger partial charge >= 0.3 is 0 Å². The highest BCUT2D eigenvalue weighted by Crippen LogP contribution is 2.43. The summed E-state index contributed by atoms with van der Waals surface area (Å²) < 4.78 is 2.14. The average molecular weight is 389 g/mol. The van der Waals surface area contributed by atoms with E-state index in [4.69, 9.17) is 5.10 Å². The molecule has 1 unspecified atom stereocenters. The molecule has 2 heterocycles. The van der Waals surface area contributed by atoms with Crippen LogP contribution in [0.4, 0.5) is 5.69 Å². The number of anilines is 1. The van der Waals surface area contributed by atoms with Gasteiger partial charge in [-0.3, -0.25) is 0 Å². The largest absolute Gasteiger partial charge is 0.364 e. The van der Waals surface area contributed by atoms with Gasteiger partial charge in [0, 0.05) is 29.4 Å². The predicted octanol–water partition coefficient (Wildman–Crippen LogP) is 6.27. The number of aromatic nitrogens is 3. The Morgan fingerprint density at radius 1 is 1.00 bits per heavy atom. The van der Waals surface area contributed by atoms with Crippen LogP contribution in [0.5, 0.6) is 0 Å². The average Bonchev–Trinajstić information content (AvgIpc) is 3.16. The van der Waals surface area contributed by atoms with Crippen molar-refractivity contribution in [3.63, 3.8) is 0 Å². The van der Waals surface area contributed by atoms with Crippen molar-refractivity contribution in [1.29, 1.82) is 0 Å². The first-order valence-electron chi connectivity index (χ1n) is 10.9. The lowest BCUT2D eigenvalue weighted by molar-refractivity contribution is 0.304. The predicted molar refractivity (Wildman–Crippen MR) is 121 cm³/mol. The fraction of sp³-hybridized carbons (Fsp3) is 0.440. The van der Waals surface area contributed by atoms with Crippen LogP contribution < -0.4 is 4.90 Å². The van der Waals surface area contributed by atoms with E-state index in [2.05, 4.69) is 97.9 Å². The van der Waals surface area contributed by atoms with E-state index in [1.165, 1.54) is 35.2 Å². The number of hydrogen-bond acceptors (Lipinski definition) is 3. The molecule has 0 spiro atoms. The van der Waals surface area contributed by atoms with E-state index in [0.717, 1.165) is 24.4 Å². The van der Waals surface area contributed by atoms with Gasteiger partial charge in [-0.25, -0.2) is 4.68 Å². The summed E-state index contributed by atoms with van der Waals surface area (Å²) in [6.45, 7) is 12.2. The van der Waals surface area contributed by atoms with Crippen LogP contribution in [0, 0.1) is 0 Å². The molecule has 2 aromatic carbocycles. The molecule has 29 heavy (non-hydrogen) atoms. The molecule has 0 aliphatic carbocycles. The molecule has 0 N–H and O–H groups in total. The fourth-order valence-corrected chi connectivity index (χ4v) is 4.33. The van der Waals surface area contributed by atoms with E-state index in [1.807, 2.05) is 0 Å². The van der Waals surface area contributed by atoms with Crippen LogP contribution in [0.15, 0.2) is 48.5 Å². The van der Waals surface area contributed by atoms with Gasteiger partial charge in [-0.2, -0.15) is 0 Å². The highest BCUT2D eigenvalue weighted by atomic mass is 15.5. The quantitative estimate of drug-likeness (QED) is 0.517. The molecule has 1 aliphatic rings. The number of hydrogen-bond donors (Lipinski definition) is 0. The smallest absolute Gasteiger partial charge is 0.123 e. The van der Waals surface area contributed by atoms with Crippen molar-refractivity contribution >= 4 is 5.69 Å². The van der Waals surface area contributed by atoms with Gasteiger partial charge in [-0.05, 0) is 45.2 Å². The first kappa shape index (κ1) is 19.7. The number of benzene rings is 2. The molecule has 152 valence electrons. The number of para-hydroxylation sites is 1. The maximum Gasteiger partial charge on any atom is 0.123 e. The minimum Gasteiger partial charge on any atom is -0.364 e. The van der Waals surface area contributed by atoms with Gasteiger partial charge in [0.1, 0.15) is 5.69 Å². The molecule has 1 aromatic heterocycles. The first-order chi connectivity index (χ1) is 14.0. The fourth-order valence-electron chi connectivity index (χ4n) is 4.33. The molecule has 0 fully saturated rings. The van der Waals surface area contributed by atoms with Gasteiger partial charge in [0.05, 0.1) is 11.2 Å². The summed E-state index contributed by atoms with van der Waals surface area (Å²) in [7, 11) is 0. The lowest BCUT2D eigenvalue weighted by Gasteiger charge is -2.35. The zero-order valence-electron chi connectivity index (χ0n) is 18.3. The van der Waals surface area contributed by atoms with Crippen LogP contribution in [-0.2, 0) is 12.1 Å². The van der Waals surface area contributed by atoms with Crippen LogP contribution in [0.25, 0.3) is 22.5 Å². The molecule has 0 saturated carbocycles. The lowest BCUT2D eigenvalue weighted by Crippen LogP contribution is -2.34. The van der Waals surface area contributed by atoms with E-state index >= 15 is 0 Å². The molecular formula is C25H32N4. The maximum absolute atomic E-state index is 4.74. The Balaban J connectivity index is 2.03. The molecule has 3 aromatic rings. The Morgan fingerprint density at radius 3 is 2.41 bits per heavy atom. The Kier molecular flexibility index (Phi) is 5.20. The first-order valence-corrected chi connectivity index (χ1v) is 10.9. The number of rotatable bonds is 5. The van der Waals surface area contributed by atoms with E-state index in [1.54, 1.807) is 0 Å². The lowest BCUT2D eigenvalue weighted by atomic mass is 9.93. The second-order valence-electron chi connectivity index (χ2n) is 8.80. The molecule has 0 saturated heterocycles. The van der Waals surface area contributed by atoms with Crippen LogP contribution in [0.2, 0.25) is 0 Å². The highest BCUT2D eigenvalue weighted by molar-refractivity contribution is 5.88. The second-order valence-corrected chi connectivity index (χ2v) is 8.80. The van der Waals surface area contributed by atoms with Crippen LogP contribution >= 0.6 is 0 Å². The number of fused-ring (bicyclic) bond motifs is 5. The van der Waals surface area contributed by atoms with Crippen LogP contribution in [0.3, 0.4) is 0 Å². The minimum absolute atomic E-state index is 0.100. The van der Waals surface area contributed by atoms with Crippen molar-refractivity contribution in [3.05, 3.63) is 54.1 Å². The van der Waals surface area contributed by atoms with E-state index in [9.17, 15) is 0 Å². The monoisotopic (exact) mass is 388 g/mol. The SMILES string of the molecule is CCCC(C)N1Cc2ccccc2-c2c(nnn2C(C)(C)CC)-c2ccccc21. The Morgan fingerprint density at radius 2 is 1.69 bits per heavy atom. The summed E-state index contributed by atoms with van der Waals surface area (Å²) in [5.41, 5.74) is 7.05. The van der Waals surface area contributed by atoms with Crippen LogP contribution in [-0.4, -0.2) is 21.0 Å². The standard InChI is InChI=1S/C25H32N4/c1-6-12-18(3)28-17-19-13-8-9-14-20(19)24-23(21-15-10-11-16-22(21)28)26-27-29(24)25(4,5)7-2/h8-11,13-16,18H,6-7,12,17H2,1-5H3. The normalized spacial score (nSPS) is 14.4. The van der Waals surface area contributed by atoms with Crippen molar-refractivity contribution < 1.29 is 0 Å². The molecule has 1 atom stereocenters. The molecular weight excluding hydrogens is 356 g/mol. The van der Waals surface area contributed by atoms with E-state index in [-0.39, 0.29) is 5.54 Å². The summed E-state index contributed by atoms with van der Waals surface area (Å²) in [6.07, 6.45) is 3.33. The van der Waals surface area contributed by atoms with Gasteiger partial charge in [-0.15, -0.1) is 5.10 Å². The second kappa shape index (κ2) is 7.66. The Bertz CT molecular complexity index is 1000. The van der Waals surface area contributed by atoms with Gasteiger partial charge in [0.2, 0.25) is 0 Å².